The van der Waals surface area contributed by atoms with Crippen LogP contribution in [0.2, 0.25) is 0 Å². The predicted octanol–water partition coefficient (Wildman–Crippen LogP) is 3.88. The fourth-order valence-corrected chi connectivity index (χ4v) is 3.38. The van der Waals surface area contributed by atoms with Crippen molar-refractivity contribution in [3.63, 3.8) is 0 Å². The maximum Gasteiger partial charge on any atom is 0.269 e. The van der Waals surface area contributed by atoms with Crippen LogP contribution in [0.15, 0.2) is 73.1 Å². The van der Waals surface area contributed by atoms with Gasteiger partial charge in [-0.1, -0.05) is 37.3 Å². The third-order valence-electron chi connectivity index (χ3n) is 4.62. The number of para-hydroxylation sites is 1. The lowest BCUT2D eigenvalue weighted by atomic mass is 10.1. The normalized spacial score (nSPS) is 11.5. The van der Waals surface area contributed by atoms with Crippen molar-refractivity contribution in [3.8, 4) is 0 Å². The number of thiocarbonyl (C=S) groups is 1. The van der Waals surface area contributed by atoms with Crippen LogP contribution in [0.25, 0.3) is 11.5 Å². The van der Waals surface area contributed by atoms with Crippen LogP contribution in [0.3, 0.4) is 0 Å². The van der Waals surface area contributed by atoms with Crippen LogP contribution in [0.5, 0.6) is 0 Å². The van der Waals surface area contributed by atoms with Gasteiger partial charge in [0.15, 0.2) is 17.4 Å². The zero-order chi connectivity index (χ0) is 21.7. The van der Waals surface area contributed by atoms with Gasteiger partial charge in [-0.05, 0) is 54.5 Å². The highest BCUT2D eigenvalue weighted by atomic mass is 32.1. The van der Waals surface area contributed by atoms with E-state index < -0.39 is 4.92 Å². The van der Waals surface area contributed by atoms with E-state index in [4.69, 9.17) is 12.2 Å². The molecular formula is C23H21N3O3S. The van der Waals surface area contributed by atoms with Gasteiger partial charge in [-0.25, -0.2) is 0 Å². The molecule has 0 aliphatic carbocycles. The van der Waals surface area contributed by atoms with Gasteiger partial charge in [0, 0.05) is 29.4 Å². The first-order valence-corrected chi connectivity index (χ1v) is 9.85. The van der Waals surface area contributed by atoms with E-state index in [0.717, 1.165) is 23.2 Å². The van der Waals surface area contributed by atoms with Crippen molar-refractivity contribution in [2.24, 2.45) is 0 Å². The minimum atomic E-state index is -0.498. The van der Waals surface area contributed by atoms with Crippen LogP contribution >= 0.6 is 12.2 Å². The number of aryl methyl sites for hydroxylation is 2. The van der Waals surface area contributed by atoms with Gasteiger partial charge >= 0.3 is 0 Å². The Balaban J connectivity index is 2.09. The van der Waals surface area contributed by atoms with Crippen LogP contribution in [-0.4, -0.2) is 9.91 Å². The number of nitrogens with zero attached hydrogens (tertiary/aromatic N) is 2. The molecule has 1 aromatic heterocycles. The summed E-state index contributed by atoms with van der Waals surface area (Å²) in [6.45, 7) is 3.97. The van der Waals surface area contributed by atoms with E-state index in [0.29, 0.717) is 5.56 Å². The van der Waals surface area contributed by atoms with Gasteiger partial charge in [-0.15, -0.1) is 0 Å². The topological polar surface area (TPSA) is 82.1 Å². The van der Waals surface area contributed by atoms with Gasteiger partial charge in [0.1, 0.15) is 0 Å². The number of nitrogens with one attached hydrogen (secondary N) is 1. The van der Waals surface area contributed by atoms with Gasteiger partial charge in [0.25, 0.3) is 5.69 Å². The molecule has 0 atom stereocenters. The van der Waals surface area contributed by atoms with E-state index >= 15 is 0 Å². The van der Waals surface area contributed by atoms with Gasteiger partial charge in [-0.3, -0.25) is 10.1 Å². The summed E-state index contributed by atoms with van der Waals surface area (Å²) in [5.74, 6) is -0.327. The Kier molecular flexibility index (Phi) is 6.54. The minimum Gasteiger partial charge on any atom is -0.867 e. The number of nitro benzene ring substituents is 1. The fourth-order valence-electron chi connectivity index (χ4n) is 3.07. The Hall–Kier alpha value is -3.58. The summed E-state index contributed by atoms with van der Waals surface area (Å²) in [5, 5.41) is 27.5. The number of pyridine rings is 1. The summed E-state index contributed by atoms with van der Waals surface area (Å²) >= 11 is 5.64. The Bertz CT molecular complexity index is 1120. The third kappa shape index (κ3) is 4.69. The number of aromatic nitrogens is 1. The number of anilines is 1. The van der Waals surface area contributed by atoms with E-state index in [1.165, 1.54) is 24.3 Å². The Morgan fingerprint density at radius 2 is 1.80 bits per heavy atom. The van der Waals surface area contributed by atoms with Gasteiger partial charge in [0.2, 0.25) is 5.70 Å². The quantitative estimate of drug-likeness (QED) is 0.164. The summed E-state index contributed by atoms with van der Waals surface area (Å²) in [6.07, 6.45) is 4.39. The molecule has 3 rings (SSSR count). The third-order valence-corrected chi connectivity index (χ3v) is 4.92. The second-order valence-electron chi connectivity index (χ2n) is 6.74. The van der Waals surface area contributed by atoms with Crippen LogP contribution in [-0.2, 0) is 6.42 Å². The first-order valence-electron chi connectivity index (χ1n) is 9.44. The molecule has 0 saturated heterocycles. The highest BCUT2D eigenvalue weighted by Gasteiger charge is 2.20. The van der Waals surface area contributed by atoms with Crippen LogP contribution < -0.4 is 15.0 Å². The second-order valence-corrected chi connectivity index (χ2v) is 7.14. The van der Waals surface area contributed by atoms with Crippen molar-refractivity contribution in [2.75, 3.05) is 5.32 Å². The largest absolute Gasteiger partial charge is 0.867 e. The lowest BCUT2D eigenvalue weighted by Gasteiger charge is -2.18. The smallest absolute Gasteiger partial charge is 0.269 e. The SMILES string of the molecule is CCc1ccccc1NC(=S)C(=C([O-])c1ccc([N+](=O)[O-])cc1)[n+]1cccc(C)c1. The van der Waals surface area contributed by atoms with Crippen molar-refractivity contribution >= 4 is 40.0 Å². The number of non-ortho nitro benzene ring substituents is 1. The molecule has 2 aromatic carbocycles. The highest BCUT2D eigenvalue weighted by molar-refractivity contribution is 7.81. The summed E-state index contributed by atoms with van der Waals surface area (Å²) < 4.78 is 1.68. The summed E-state index contributed by atoms with van der Waals surface area (Å²) in [6, 6.07) is 17.1. The Morgan fingerprint density at radius 1 is 1.10 bits per heavy atom. The van der Waals surface area contributed by atoms with Gasteiger partial charge in [-0.2, -0.15) is 4.57 Å². The molecule has 0 unspecified atom stereocenters. The molecule has 0 aliphatic heterocycles. The molecule has 152 valence electrons. The number of nitro groups is 1. The standard InChI is InChI=1S/C23H21N3O3S/c1-3-17-8-4-5-9-20(17)24-23(30)21(25-14-6-7-16(2)15-25)22(27)18-10-12-19(13-11-18)26(28)29/h4-15H,3H2,1-2H3,(H-,24,27,30). The molecule has 30 heavy (non-hydrogen) atoms. The van der Waals surface area contributed by atoms with Gasteiger partial charge < -0.3 is 10.4 Å². The van der Waals surface area contributed by atoms with Crippen LogP contribution in [0.1, 0.15) is 23.6 Å². The molecule has 1 N–H and O–H groups in total. The number of hydrogen-bond donors (Lipinski definition) is 1. The predicted molar refractivity (Wildman–Crippen MR) is 120 cm³/mol. The maximum absolute atomic E-state index is 13.4. The summed E-state index contributed by atoms with van der Waals surface area (Å²) in [4.78, 5) is 10.7. The number of benzene rings is 2. The van der Waals surface area contributed by atoms with Crippen molar-refractivity contribution in [2.45, 2.75) is 20.3 Å². The van der Waals surface area contributed by atoms with Gasteiger partial charge in [0.05, 0.1) is 4.92 Å². The molecule has 0 amide bonds. The van der Waals surface area contributed by atoms with Crippen molar-refractivity contribution in [3.05, 3.63) is 99.9 Å². The Morgan fingerprint density at radius 3 is 2.43 bits per heavy atom. The van der Waals surface area contributed by atoms with E-state index in [-0.39, 0.29) is 22.1 Å². The molecule has 0 aliphatic rings. The minimum absolute atomic E-state index is 0.0751. The maximum atomic E-state index is 13.4. The average molecular weight is 420 g/mol. The molecule has 1 heterocycles. The van der Waals surface area contributed by atoms with Crippen LogP contribution in [0.4, 0.5) is 11.4 Å². The molecule has 0 spiro atoms. The number of rotatable bonds is 6. The molecule has 0 saturated carbocycles. The average Bonchev–Trinajstić information content (AvgIpc) is 2.74. The molecule has 0 radical (unpaired) electrons. The van der Waals surface area contributed by atoms with Crippen molar-refractivity contribution < 1.29 is 14.6 Å². The fraction of sp³-hybridized carbons (Fsp3) is 0.130. The molecule has 0 fully saturated rings. The lowest BCUT2D eigenvalue weighted by Crippen LogP contribution is -2.40. The van der Waals surface area contributed by atoms with Crippen molar-refractivity contribution in [1.82, 2.24) is 0 Å². The van der Waals surface area contributed by atoms with Crippen molar-refractivity contribution in [1.29, 1.82) is 0 Å². The van der Waals surface area contributed by atoms with E-state index in [1.807, 2.05) is 56.4 Å². The first-order chi connectivity index (χ1) is 14.4. The monoisotopic (exact) mass is 419 g/mol. The first kappa shape index (κ1) is 21.1. The van der Waals surface area contributed by atoms with E-state index in [2.05, 4.69) is 5.32 Å². The zero-order valence-corrected chi connectivity index (χ0v) is 17.5. The summed E-state index contributed by atoms with van der Waals surface area (Å²) in [5.41, 5.74) is 3.40. The summed E-state index contributed by atoms with van der Waals surface area (Å²) in [7, 11) is 0. The molecule has 3 aromatic rings. The molecule has 7 heteroatoms. The molecular weight excluding hydrogens is 398 g/mol. The molecule has 0 bridgehead atoms. The second kappa shape index (κ2) is 9.28. The number of hydrogen-bond acceptors (Lipinski definition) is 4. The zero-order valence-electron chi connectivity index (χ0n) is 16.7. The Labute approximate surface area is 180 Å². The lowest BCUT2D eigenvalue weighted by molar-refractivity contribution is -0.578. The van der Waals surface area contributed by atoms with E-state index in [9.17, 15) is 15.2 Å². The van der Waals surface area contributed by atoms with E-state index in [1.54, 1.807) is 10.8 Å². The highest BCUT2D eigenvalue weighted by Crippen LogP contribution is 2.21. The molecule has 6 nitrogen and oxygen atoms in total. The van der Waals surface area contributed by atoms with Crippen LogP contribution in [0, 0.1) is 17.0 Å².